The van der Waals surface area contributed by atoms with Crippen LogP contribution in [-0.4, -0.2) is 17.8 Å². The van der Waals surface area contributed by atoms with Crippen molar-refractivity contribution in [2.75, 3.05) is 11.9 Å². The maximum Gasteiger partial charge on any atom is 0.251 e. The molecule has 0 fully saturated rings. The van der Waals surface area contributed by atoms with E-state index in [-0.39, 0.29) is 11.3 Å². The molecular weight excluding hydrogens is 394 g/mol. The molecule has 0 aliphatic heterocycles. The first-order chi connectivity index (χ1) is 9.91. The number of halogens is 2. The van der Waals surface area contributed by atoms with Gasteiger partial charge in [0.1, 0.15) is 0 Å². The molecule has 2 rings (SSSR count). The molecule has 21 heavy (non-hydrogen) atoms. The summed E-state index contributed by atoms with van der Waals surface area (Å²) in [6, 6.07) is 11.9. The van der Waals surface area contributed by atoms with Gasteiger partial charge in [0.15, 0.2) is 0 Å². The van der Waals surface area contributed by atoms with Gasteiger partial charge in [-0.05, 0) is 46.9 Å². The van der Waals surface area contributed by atoms with Gasteiger partial charge in [-0.1, -0.05) is 57.8 Å². The third-order valence-corrected chi connectivity index (χ3v) is 4.45. The van der Waals surface area contributed by atoms with E-state index in [2.05, 4.69) is 57.1 Å². The largest absolute Gasteiger partial charge is 0.352 e. The van der Waals surface area contributed by atoms with E-state index in [0.717, 1.165) is 27.0 Å². The molecule has 0 spiro atoms. The van der Waals surface area contributed by atoms with Crippen molar-refractivity contribution in [3.05, 3.63) is 46.4 Å². The predicted octanol–water partition coefficient (Wildman–Crippen LogP) is 5.14. The maximum absolute atomic E-state index is 12.3. The molecule has 0 heterocycles. The van der Waals surface area contributed by atoms with Crippen molar-refractivity contribution in [3.8, 4) is 0 Å². The summed E-state index contributed by atoms with van der Waals surface area (Å²) in [5.41, 5.74) is 0.806. The molecule has 0 aliphatic carbocycles. The van der Waals surface area contributed by atoms with Crippen LogP contribution in [0.4, 0.5) is 0 Å². The minimum atomic E-state index is -0.0116. The molecule has 0 unspecified atom stereocenters. The first kappa shape index (κ1) is 16.5. The molecule has 0 radical (unpaired) electrons. The van der Waals surface area contributed by atoms with E-state index in [1.54, 1.807) is 0 Å². The molecule has 2 aromatic carbocycles. The smallest absolute Gasteiger partial charge is 0.251 e. The molecule has 0 saturated heterocycles. The topological polar surface area (TPSA) is 29.1 Å². The summed E-state index contributed by atoms with van der Waals surface area (Å²) < 4.78 is 1.05. The van der Waals surface area contributed by atoms with Crippen molar-refractivity contribution < 1.29 is 4.79 Å². The fourth-order valence-corrected chi connectivity index (χ4v) is 3.58. The Bertz CT molecular complexity index is 652. The highest BCUT2D eigenvalue weighted by Gasteiger charge is 2.18. The summed E-state index contributed by atoms with van der Waals surface area (Å²) in [6.07, 6.45) is 1.03. The van der Waals surface area contributed by atoms with Crippen LogP contribution in [0.15, 0.2) is 40.9 Å². The van der Waals surface area contributed by atoms with E-state index in [1.165, 1.54) is 0 Å². The number of nitrogens with one attached hydrogen (secondary N) is 1. The van der Waals surface area contributed by atoms with Gasteiger partial charge in [-0.25, -0.2) is 0 Å². The average Bonchev–Trinajstić information content (AvgIpc) is 2.44. The van der Waals surface area contributed by atoms with Crippen molar-refractivity contribution in [2.45, 2.75) is 20.3 Å². The maximum atomic E-state index is 12.3. The summed E-state index contributed by atoms with van der Waals surface area (Å²) in [7, 11) is 0. The Morgan fingerprint density at radius 3 is 2.52 bits per heavy atom. The summed E-state index contributed by atoms with van der Waals surface area (Å²) in [6.45, 7) is 4.99. The highest BCUT2D eigenvalue weighted by molar-refractivity contribution is 9.10. The lowest BCUT2D eigenvalue weighted by atomic mass is 9.90. The van der Waals surface area contributed by atoms with Gasteiger partial charge in [0.05, 0.1) is 0 Å². The van der Waals surface area contributed by atoms with Crippen molar-refractivity contribution in [1.82, 2.24) is 5.32 Å². The molecule has 2 nitrogen and oxygen atoms in total. The van der Waals surface area contributed by atoms with Crippen LogP contribution in [0.25, 0.3) is 10.8 Å². The fourth-order valence-electron chi connectivity index (χ4n) is 2.12. The van der Waals surface area contributed by atoms with Crippen molar-refractivity contribution in [2.24, 2.45) is 5.41 Å². The molecule has 112 valence electrons. The van der Waals surface area contributed by atoms with Gasteiger partial charge in [-0.2, -0.15) is 0 Å². The van der Waals surface area contributed by atoms with E-state index >= 15 is 0 Å². The zero-order chi connectivity index (χ0) is 15.5. The molecule has 1 N–H and O–H groups in total. The van der Waals surface area contributed by atoms with Crippen LogP contribution in [0.1, 0.15) is 30.6 Å². The summed E-state index contributed by atoms with van der Waals surface area (Å²) in [4.78, 5) is 12.3. The average molecular weight is 413 g/mol. The summed E-state index contributed by atoms with van der Waals surface area (Å²) in [5.74, 6) is -0.0116. The van der Waals surface area contributed by atoms with Gasteiger partial charge in [0, 0.05) is 21.9 Å². The fraction of sp³-hybridized carbons (Fsp3) is 0.353. The molecule has 0 atom stereocenters. The quantitative estimate of drug-likeness (QED) is 0.676. The second-order valence-electron chi connectivity index (χ2n) is 5.99. The molecule has 1 amide bonds. The Morgan fingerprint density at radius 2 is 1.81 bits per heavy atom. The first-order valence-electron chi connectivity index (χ1n) is 6.95. The van der Waals surface area contributed by atoms with Gasteiger partial charge < -0.3 is 5.32 Å². The molecule has 0 bridgehead atoms. The summed E-state index contributed by atoms with van der Waals surface area (Å²) >= 11 is 6.91. The molecular formula is C17H19Br2NO. The van der Waals surface area contributed by atoms with Gasteiger partial charge in [-0.15, -0.1) is 0 Å². The van der Waals surface area contributed by atoms with Crippen molar-refractivity contribution >= 4 is 48.5 Å². The minimum absolute atomic E-state index is 0.0116. The number of benzene rings is 2. The van der Waals surface area contributed by atoms with Gasteiger partial charge in [0.25, 0.3) is 5.91 Å². The molecule has 0 aliphatic rings. The SMILES string of the molecule is CC(C)(CCBr)CNC(=O)c1ccc2cc(Br)ccc2c1. The van der Waals surface area contributed by atoms with E-state index in [4.69, 9.17) is 0 Å². The number of carbonyl (C=O) groups excluding carboxylic acids is 1. The standard InChI is InChI=1S/C17H19Br2NO/c1-17(2,7-8-18)11-20-16(21)14-4-3-13-10-15(19)6-5-12(13)9-14/h3-6,9-10H,7-8,11H2,1-2H3,(H,20,21). The number of rotatable bonds is 5. The second kappa shape index (κ2) is 6.93. The number of carbonyl (C=O) groups is 1. The van der Waals surface area contributed by atoms with Crippen LogP contribution in [0.2, 0.25) is 0 Å². The van der Waals surface area contributed by atoms with E-state index in [9.17, 15) is 4.79 Å². The van der Waals surface area contributed by atoms with Crippen LogP contribution in [0, 0.1) is 5.41 Å². The Hall–Kier alpha value is -0.870. The van der Waals surface area contributed by atoms with Crippen molar-refractivity contribution in [1.29, 1.82) is 0 Å². The summed E-state index contributed by atoms with van der Waals surface area (Å²) in [5, 5.41) is 6.18. The highest BCUT2D eigenvalue weighted by Crippen LogP contribution is 2.22. The lowest BCUT2D eigenvalue weighted by Gasteiger charge is -2.23. The van der Waals surface area contributed by atoms with Crippen LogP contribution in [-0.2, 0) is 0 Å². The van der Waals surface area contributed by atoms with Crippen LogP contribution < -0.4 is 5.32 Å². The lowest BCUT2D eigenvalue weighted by molar-refractivity contribution is 0.0936. The van der Waals surface area contributed by atoms with Crippen LogP contribution >= 0.6 is 31.9 Å². The molecule has 4 heteroatoms. The zero-order valence-corrected chi connectivity index (χ0v) is 15.4. The molecule has 0 saturated carbocycles. The van der Waals surface area contributed by atoms with Crippen LogP contribution in [0.3, 0.4) is 0 Å². The predicted molar refractivity (Wildman–Crippen MR) is 96.2 cm³/mol. The number of amides is 1. The molecule has 2 aromatic rings. The van der Waals surface area contributed by atoms with E-state index in [1.807, 2.05) is 30.3 Å². The number of alkyl halides is 1. The Morgan fingerprint density at radius 1 is 1.14 bits per heavy atom. The Balaban J connectivity index is 2.11. The third kappa shape index (κ3) is 4.55. The normalized spacial score (nSPS) is 11.6. The minimum Gasteiger partial charge on any atom is -0.352 e. The first-order valence-corrected chi connectivity index (χ1v) is 8.86. The lowest BCUT2D eigenvalue weighted by Crippen LogP contribution is -2.34. The Labute approximate surface area is 142 Å². The number of fused-ring (bicyclic) bond motifs is 1. The molecule has 0 aromatic heterocycles. The number of hydrogen-bond donors (Lipinski definition) is 1. The van der Waals surface area contributed by atoms with E-state index < -0.39 is 0 Å². The highest BCUT2D eigenvalue weighted by atomic mass is 79.9. The third-order valence-electron chi connectivity index (χ3n) is 3.56. The zero-order valence-electron chi connectivity index (χ0n) is 12.2. The van der Waals surface area contributed by atoms with Gasteiger partial charge >= 0.3 is 0 Å². The second-order valence-corrected chi connectivity index (χ2v) is 7.70. The monoisotopic (exact) mass is 411 g/mol. The number of hydrogen-bond acceptors (Lipinski definition) is 1. The van der Waals surface area contributed by atoms with Crippen molar-refractivity contribution in [3.63, 3.8) is 0 Å². The van der Waals surface area contributed by atoms with Crippen LogP contribution in [0.5, 0.6) is 0 Å². The van der Waals surface area contributed by atoms with E-state index in [0.29, 0.717) is 12.1 Å². The van der Waals surface area contributed by atoms with Gasteiger partial charge in [-0.3, -0.25) is 4.79 Å². The van der Waals surface area contributed by atoms with Gasteiger partial charge in [0.2, 0.25) is 0 Å². The Kier molecular flexibility index (Phi) is 5.44.